The van der Waals surface area contributed by atoms with E-state index >= 15 is 0 Å². The Morgan fingerprint density at radius 3 is 3.06 bits per heavy atom. The predicted octanol–water partition coefficient (Wildman–Crippen LogP) is 1.93. The summed E-state index contributed by atoms with van der Waals surface area (Å²) >= 11 is 0. The highest BCUT2D eigenvalue weighted by atomic mass is 16.3. The molecular weight excluding hydrogens is 230 g/mol. The molecule has 5 heteroatoms. The molecule has 3 rings (SSSR count). The van der Waals surface area contributed by atoms with Gasteiger partial charge in [0.15, 0.2) is 0 Å². The highest BCUT2D eigenvalue weighted by Gasteiger charge is 2.27. The van der Waals surface area contributed by atoms with Crippen molar-refractivity contribution in [1.29, 1.82) is 0 Å². The topological polar surface area (TPSA) is 73.2 Å². The Morgan fingerprint density at radius 2 is 2.39 bits per heavy atom. The van der Waals surface area contributed by atoms with Gasteiger partial charge >= 0.3 is 0 Å². The minimum absolute atomic E-state index is 0.116. The van der Waals surface area contributed by atoms with Crippen molar-refractivity contribution < 1.29 is 9.21 Å². The molecule has 1 amide bonds. The first-order valence-corrected chi connectivity index (χ1v) is 6.02. The van der Waals surface area contributed by atoms with Gasteiger partial charge in [-0.25, -0.2) is 0 Å². The summed E-state index contributed by atoms with van der Waals surface area (Å²) in [5.74, 6) is 0.621. The van der Waals surface area contributed by atoms with Gasteiger partial charge in [-0.15, -0.1) is 0 Å². The Bertz CT molecular complexity index is 553. The van der Waals surface area contributed by atoms with Crippen LogP contribution in [0.15, 0.2) is 35.1 Å². The number of anilines is 1. The zero-order valence-electron chi connectivity index (χ0n) is 9.93. The third-order valence-corrected chi connectivity index (χ3v) is 3.05. The number of amides is 1. The Morgan fingerprint density at radius 1 is 1.56 bits per heavy atom. The summed E-state index contributed by atoms with van der Waals surface area (Å²) in [6, 6.07) is 5.78. The van der Waals surface area contributed by atoms with E-state index in [0.29, 0.717) is 24.0 Å². The van der Waals surface area contributed by atoms with E-state index in [9.17, 15) is 4.79 Å². The number of furan rings is 1. The highest BCUT2D eigenvalue weighted by molar-refractivity contribution is 5.93. The predicted molar refractivity (Wildman–Crippen MR) is 67.0 cm³/mol. The van der Waals surface area contributed by atoms with Crippen LogP contribution in [0.3, 0.4) is 0 Å². The molecule has 0 unspecified atom stereocenters. The maximum Gasteiger partial charge on any atom is 0.268 e. The highest BCUT2D eigenvalue weighted by Crippen LogP contribution is 2.37. The van der Waals surface area contributed by atoms with E-state index in [4.69, 9.17) is 10.2 Å². The van der Waals surface area contributed by atoms with Gasteiger partial charge in [-0.1, -0.05) is 0 Å². The van der Waals surface area contributed by atoms with Crippen LogP contribution in [0.1, 0.15) is 35.1 Å². The average Bonchev–Trinajstić information content (AvgIpc) is 2.92. The molecule has 2 aromatic heterocycles. The molecule has 94 valence electrons. The standard InChI is InChI=1S/C13H15N3O2/c14-9-6-12(16(8-9)10-3-4-10)13(17)15-7-11-2-1-5-18-11/h1-2,5-6,8,10H,3-4,7,14H2,(H,15,17). The number of aromatic nitrogens is 1. The van der Waals surface area contributed by atoms with Crippen molar-refractivity contribution in [2.24, 2.45) is 0 Å². The molecule has 0 aliphatic heterocycles. The number of rotatable bonds is 4. The summed E-state index contributed by atoms with van der Waals surface area (Å²) in [5, 5.41) is 2.83. The fraction of sp³-hybridized carbons (Fsp3) is 0.308. The van der Waals surface area contributed by atoms with Crippen molar-refractivity contribution in [3.63, 3.8) is 0 Å². The molecule has 0 spiro atoms. The smallest absolute Gasteiger partial charge is 0.268 e. The minimum Gasteiger partial charge on any atom is -0.467 e. The van der Waals surface area contributed by atoms with Crippen LogP contribution in [0.5, 0.6) is 0 Å². The van der Waals surface area contributed by atoms with Crippen LogP contribution < -0.4 is 11.1 Å². The van der Waals surface area contributed by atoms with Crippen LogP contribution in [0.2, 0.25) is 0 Å². The first-order valence-electron chi connectivity index (χ1n) is 6.02. The number of hydrogen-bond acceptors (Lipinski definition) is 3. The zero-order chi connectivity index (χ0) is 12.5. The maximum atomic E-state index is 12.1. The van der Waals surface area contributed by atoms with Crippen LogP contribution in [-0.2, 0) is 6.54 Å². The number of nitrogens with two attached hydrogens (primary N) is 1. The normalized spacial score (nSPS) is 14.7. The molecule has 5 nitrogen and oxygen atoms in total. The van der Waals surface area contributed by atoms with Gasteiger partial charge in [-0.2, -0.15) is 0 Å². The lowest BCUT2D eigenvalue weighted by Crippen LogP contribution is -2.25. The second-order valence-electron chi connectivity index (χ2n) is 4.56. The van der Waals surface area contributed by atoms with Crippen LogP contribution >= 0.6 is 0 Å². The van der Waals surface area contributed by atoms with Crippen molar-refractivity contribution in [1.82, 2.24) is 9.88 Å². The quantitative estimate of drug-likeness (QED) is 0.864. The largest absolute Gasteiger partial charge is 0.467 e. The molecule has 0 atom stereocenters. The van der Waals surface area contributed by atoms with E-state index in [1.54, 1.807) is 18.4 Å². The molecule has 1 aliphatic carbocycles. The van der Waals surface area contributed by atoms with Gasteiger partial charge in [0.2, 0.25) is 0 Å². The molecule has 0 bridgehead atoms. The minimum atomic E-state index is -0.116. The van der Waals surface area contributed by atoms with E-state index in [1.807, 2.05) is 16.8 Å². The third kappa shape index (κ3) is 2.11. The molecular formula is C13H15N3O2. The fourth-order valence-corrected chi connectivity index (χ4v) is 2.01. The molecule has 0 saturated heterocycles. The van der Waals surface area contributed by atoms with E-state index in [-0.39, 0.29) is 5.91 Å². The lowest BCUT2D eigenvalue weighted by Gasteiger charge is -2.07. The fourth-order valence-electron chi connectivity index (χ4n) is 2.01. The second kappa shape index (κ2) is 4.25. The number of nitrogen functional groups attached to an aromatic ring is 1. The van der Waals surface area contributed by atoms with Crippen LogP contribution in [0.25, 0.3) is 0 Å². The molecule has 2 aromatic rings. The molecule has 0 radical (unpaired) electrons. The van der Waals surface area contributed by atoms with Gasteiger partial charge < -0.3 is 20.0 Å². The number of nitrogens with one attached hydrogen (secondary N) is 1. The summed E-state index contributed by atoms with van der Waals surface area (Å²) in [5.41, 5.74) is 7.01. The lowest BCUT2D eigenvalue weighted by molar-refractivity contribution is 0.0938. The number of hydrogen-bond donors (Lipinski definition) is 2. The van der Waals surface area contributed by atoms with Crippen molar-refractivity contribution in [2.45, 2.75) is 25.4 Å². The Hall–Kier alpha value is -2.17. The van der Waals surface area contributed by atoms with E-state index in [2.05, 4.69) is 5.32 Å². The van der Waals surface area contributed by atoms with Crippen LogP contribution in [0.4, 0.5) is 5.69 Å². The maximum absolute atomic E-state index is 12.1. The Labute approximate surface area is 105 Å². The first-order chi connectivity index (χ1) is 8.74. The van der Waals surface area contributed by atoms with Crippen molar-refractivity contribution in [2.75, 3.05) is 5.73 Å². The van der Waals surface area contributed by atoms with E-state index < -0.39 is 0 Å². The molecule has 1 aliphatic rings. The molecule has 2 heterocycles. The van der Waals surface area contributed by atoms with Gasteiger partial charge in [0.1, 0.15) is 11.5 Å². The van der Waals surface area contributed by atoms with Gasteiger partial charge in [-0.05, 0) is 31.0 Å². The van der Waals surface area contributed by atoms with Crippen molar-refractivity contribution >= 4 is 11.6 Å². The van der Waals surface area contributed by atoms with Crippen LogP contribution in [-0.4, -0.2) is 10.5 Å². The molecule has 1 saturated carbocycles. The number of carbonyl (C=O) groups excluding carboxylic acids is 1. The molecule has 0 aromatic carbocycles. The Kier molecular flexibility index (Phi) is 2.59. The van der Waals surface area contributed by atoms with E-state index in [0.717, 1.165) is 18.6 Å². The third-order valence-electron chi connectivity index (χ3n) is 3.05. The SMILES string of the molecule is Nc1cc(C(=O)NCc2ccco2)n(C2CC2)c1. The van der Waals surface area contributed by atoms with Gasteiger partial charge in [0.25, 0.3) is 5.91 Å². The summed E-state index contributed by atoms with van der Waals surface area (Å²) < 4.78 is 7.13. The Balaban J connectivity index is 1.71. The summed E-state index contributed by atoms with van der Waals surface area (Å²) in [7, 11) is 0. The van der Waals surface area contributed by atoms with Gasteiger partial charge in [0, 0.05) is 12.2 Å². The molecule has 18 heavy (non-hydrogen) atoms. The monoisotopic (exact) mass is 245 g/mol. The van der Waals surface area contributed by atoms with E-state index in [1.165, 1.54) is 0 Å². The first kappa shape index (κ1) is 11.0. The lowest BCUT2D eigenvalue weighted by atomic mass is 10.3. The number of nitrogens with zero attached hydrogens (tertiary/aromatic N) is 1. The summed E-state index contributed by atoms with van der Waals surface area (Å²) in [4.78, 5) is 12.1. The van der Waals surface area contributed by atoms with Crippen LogP contribution in [0, 0.1) is 0 Å². The number of carbonyl (C=O) groups is 1. The van der Waals surface area contributed by atoms with Crippen molar-refractivity contribution in [3.05, 3.63) is 42.1 Å². The molecule has 1 fully saturated rings. The second-order valence-corrected chi connectivity index (χ2v) is 4.56. The summed E-state index contributed by atoms with van der Waals surface area (Å²) in [6.07, 6.45) is 5.66. The van der Waals surface area contributed by atoms with Crippen molar-refractivity contribution in [3.8, 4) is 0 Å². The zero-order valence-corrected chi connectivity index (χ0v) is 9.93. The van der Waals surface area contributed by atoms with Gasteiger partial charge in [0.05, 0.1) is 18.5 Å². The molecule has 3 N–H and O–H groups in total. The average molecular weight is 245 g/mol. The van der Waals surface area contributed by atoms with Gasteiger partial charge in [-0.3, -0.25) is 4.79 Å². The summed E-state index contributed by atoms with van der Waals surface area (Å²) in [6.45, 7) is 0.390.